The molecule has 1 heterocycles. The molecule has 0 amide bonds. The zero-order valence-electron chi connectivity index (χ0n) is 10.7. The van der Waals surface area contributed by atoms with Gasteiger partial charge in [0.1, 0.15) is 0 Å². The molecule has 0 saturated carbocycles. The van der Waals surface area contributed by atoms with Gasteiger partial charge in [0.2, 0.25) is 0 Å². The molecule has 1 aromatic rings. The van der Waals surface area contributed by atoms with Crippen LogP contribution in [0.2, 0.25) is 0 Å². The van der Waals surface area contributed by atoms with Crippen molar-refractivity contribution in [1.82, 2.24) is 0 Å². The molecule has 3 atom stereocenters. The van der Waals surface area contributed by atoms with Gasteiger partial charge in [-0.1, -0.05) is 31.2 Å². The summed E-state index contributed by atoms with van der Waals surface area (Å²) in [4.78, 5) is 0. The number of fused-ring (bicyclic) bond motifs is 1. The third kappa shape index (κ3) is 3.30. The van der Waals surface area contributed by atoms with Crippen molar-refractivity contribution in [3.05, 3.63) is 35.4 Å². The van der Waals surface area contributed by atoms with Crippen LogP contribution < -0.4 is 0 Å². The second-order valence-corrected chi connectivity index (χ2v) is 5.23. The van der Waals surface area contributed by atoms with Crippen molar-refractivity contribution in [3.63, 3.8) is 0 Å². The molecule has 0 saturated heterocycles. The number of hydrogen-bond acceptors (Lipinski definition) is 2. The molecule has 0 radical (unpaired) electrons. The van der Waals surface area contributed by atoms with E-state index in [1.807, 2.05) is 6.92 Å². The van der Waals surface area contributed by atoms with Crippen LogP contribution in [0, 0.1) is 5.92 Å². The maximum atomic E-state index is 9.41. The molecule has 2 rings (SSSR count). The van der Waals surface area contributed by atoms with Gasteiger partial charge >= 0.3 is 0 Å². The van der Waals surface area contributed by atoms with Gasteiger partial charge in [0.05, 0.1) is 18.8 Å². The summed E-state index contributed by atoms with van der Waals surface area (Å²) in [6, 6.07) is 8.55. The standard InChI is InChI=1S/C15H22O2/c1-11(9-12(2)16)10-15-14-6-4-3-5-13(14)7-8-17-15/h3-6,11-12,15-16H,7-10H2,1-2H3. The predicted octanol–water partition coefficient (Wildman–Crippen LogP) is 3.10. The molecule has 17 heavy (non-hydrogen) atoms. The van der Waals surface area contributed by atoms with Gasteiger partial charge in [0.15, 0.2) is 0 Å². The summed E-state index contributed by atoms with van der Waals surface area (Å²) in [6.45, 7) is 4.86. The Morgan fingerprint density at radius 2 is 2.12 bits per heavy atom. The number of ether oxygens (including phenoxy) is 1. The normalized spacial score (nSPS) is 22.9. The van der Waals surface area contributed by atoms with Gasteiger partial charge in [0.25, 0.3) is 0 Å². The number of rotatable bonds is 4. The summed E-state index contributed by atoms with van der Waals surface area (Å²) >= 11 is 0. The van der Waals surface area contributed by atoms with Crippen LogP contribution in [-0.4, -0.2) is 17.8 Å². The monoisotopic (exact) mass is 234 g/mol. The summed E-state index contributed by atoms with van der Waals surface area (Å²) < 4.78 is 5.88. The second kappa shape index (κ2) is 5.65. The maximum Gasteiger partial charge on any atom is 0.0830 e. The first kappa shape index (κ1) is 12.6. The van der Waals surface area contributed by atoms with Crippen LogP contribution in [0.1, 0.15) is 43.9 Å². The Labute approximate surface area is 104 Å². The first-order valence-corrected chi connectivity index (χ1v) is 6.54. The Kier molecular flexibility index (Phi) is 4.19. The third-order valence-corrected chi connectivity index (χ3v) is 3.45. The Morgan fingerprint density at radius 3 is 2.88 bits per heavy atom. The highest BCUT2D eigenvalue weighted by molar-refractivity contribution is 5.30. The van der Waals surface area contributed by atoms with E-state index in [1.54, 1.807) is 0 Å². The lowest BCUT2D eigenvalue weighted by Crippen LogP contribution is -2.19. The maximum absolute atomic E-state index is 9.41. The molecule has 0 spiro atoms. The lowest BCUT2D eigenvalue weighted by molar-refractivity contribution is 0.0217. The van der Waals surface area contributed by atoms with Gasteiger partial charge in [-0.2, -0.15) is 0 Å². The first-order valence-electron chi connectivity index (χ1n) is 6.54. The van der Waals surface area contributed by atoms with Crippen molar-refractivity contribution in [2.75, 3.05) is 6.61 Å². The largest absolute Gasteiger partial charge is 0.393 e. The molecule has 1 aromatic carbocycles. The van der Waals surface area contributed by atoms with Crippen LogP contribution in [-0.2, 0) is 11.2 Å². The highest BCUT2D eigenvalue weighted by Crippen LogP contribution is 2.32. The molecule has 0 aromatic heterocycles. The summed E-state index contributed by atoms with van der Waals surface area (Å²) in [5.74, 6) is 0.492. The van der Waals surface area contributed by atoms with E-state index in [2.05, 4.69) is 31.2 Å². The summed E-state index contributed by atoms with van der Waals surface area (Å²) in [7, 11) is 0. The number of hydrogen-bond donors (Lipinski definition) is 1. The van der Waals surface area contributed by atoms with E-state index < -0.39 is 0 Å². The predicted molar refractivity (Wildman–Crippen MR) is 68.9 cm³/mol. The molecule has 2 heteroatoms. The smallest absolute Gasteiger partial charge is 0.0830 e. The Balaban J connectivity index is 2.03. The topological polar surface area (TPSA) is 29.5 Å². The van der Waals surface area contributed by atoms with E-state index in [-0.39, 0.29) is 12.2 Å². The summed E-state index contributed by atoms with van der Waals surface area (Å²) in [6.07, 6.45) is 2.87. The summed E-state index contributed by atoms with van der Waals surface area (Å²) in [5, 5.41) is 9.41. The lowest BCUT2D eigenvalue weighted by Gasteiger charge is -2.28. The van der Waals surface area contributed by atoms with Crippen LogP contribution in [0.25, 0.3) is 0 Å². The van der Waals surface area contributed by atoms with E-state index in [4.69, 9.17) is 4.74 Å². The van der Waals surface area contributed by atoms with Gasteiger partial charge in [0, 0.05) is 0 Å². The van der Waals surface area contributed by atoms with Gasteiger partial charge in [-0.15, -0.1) is 0 Å². The number of aliphatic hydroxyl groups excluding tert-OH is 1. The first-order chi connectivity index (χ1) is 8.16. The van der Waals surface area contributed by atoms with E-state index in [0.717, 1.165) is 25.9 Å². The van der Waals surface area contributed by atoms with Crippen molar-refractivity contribution in [3.8, 4) is 0 Å². The van der Waals surface area contributed by atoms with Crippen LogP contribution in [0.3, 0.4) is 0 Å². The van der Waals surface area contributed by atoms with Crippen molar-refractivity contribution >= 4 is 0 Å². The Bertz CT molecular complexity index is 360. The lowest BCUT2D eigenvalue weighted by atomic mass is 9.89. The molecule has 0 bridgehead atoms. The van der Waals surface area contributed by atoms with Gasteiger partial charge in [-0.25, -0.2) is 0 Å². The van der Waals surface area contributed by atoms with E-state index in [1.165, 1.54) is 11.1 Å². The fourth-order valence-electron chi connectivity index (χ4n) is 2.72. The second-order valence-electron chi connectivity index (χ2n) is 5.23. The van der Waals surface area contributed by atoms with Crippen LogP contribution >= 0.6 is 0 Å². The van der Waals surface area contributed by atoms with Crippen molar-refractivity contribution < 1.29 is 9.84 Å². The Morgan fingerprint density at radius 1 is 1.35 bits per heavy atom. The van der Waals surface area contributed by atoms with E-state index in [9.17, 15) is 5.11 Å². The van der Waals surface area contributed by atoms with Crippen molar-refractivity contribution in [2.24, 2.45) is 5.92 Å². The minimum atomic E-state index is -0.219. The van der Waals surface area contributed by atoms with Gasteiger partial charge in [-0.05, 0) is 43.2 Å². The van der Waals surface area contributed by atoms with Crippen LogP contribution in [0.5, 0.6) is 0 Å². The molecular weight excluding hydrogens is 212 g/mol. The highest BCUT2D eigenvalue weighted by Gasteiger charge is 2.22. The minimum absolute atomic E-state index is 0.216. The van der Waals surface area contributed by atoms with Crippen LogP contribution in [0.4, 0.5) is 0 Å². The molecule has 3 unspecified atom stereocenters. The van der Waals surface area contributed by atoms with Crippen molar-refractivity contribution in [2.45, 2.75) is 45.3 Å². The fourth-order valence-corrected chi connectivity index (χ4v) is 2.72. The fraction of sp³-hybridized carbons (Fsp3) is 0.600. The number of benzene rings is 1. The summed E-state index contributed by atoms with van der Waals surface area (Å²) in [5.41, 5.74) is 2.77. The molecule has 0 aliphatic carbocycles. The van der Waals surface area contributed by atoms with Gasteiger partial charge < -0.3 is 9.84 Å². The average Bonchev–Trinajstić information content (AvgIpc) is 2.28. The molecule has 2 nitrogen and oxygen atoms in total. The quantitative estimate of drug-likeness (QED) is 0.867. The molecular formula is C15H22O2. The average molecular weight is 234 g/mol. The highest BCUT2D eigenvalue weighted by atomic mass is 16.5. The SMILES string of the molecule is CC(O)CC(C)CC1OCCc2ccccc21. The molecule has 1 aliphatic heterocycles. The van der Waals surface area contributed by atoms with Gasteiger partial charge in [-0.3, -0.25) is 0 Å². The zero-order chi connectivity index (χ0) is 12.3. The molecule has 0 fully saturated rings. The van der Waals surface area contributed by atoms with E-state index in [0.29, 0.717) is 5.92 Å². The third-order valence-electron chi connectivity index (χ3n) is 3.45. The van der Waals surface area contributed by atoms with Crippen molar-refractivity contribution in [1.29, 1.82) is 0 Å². The molecule has 94 valence electrons. The molecule has 1 N–H and O–H groups in total. The molecule has 1 aliphatic rings. The minimum Gasteiger partial charge on any atom is -0.393 e. The van der Waals surface area contributed by atoms with E-state index >= 15 is 0 Å². The zero-order valence-corrected chi connectivity index (χ0v) is 10.7. The number of aliphatic hydroxyl groups is 1. The Hall–Kier alpha value is -0.860. The van der Waals surface area contributed by atoms with Crippen LogP contribution in [0.15, 0.2) is 24.3 Å².